The Hall–Kier alpha value is -2.13. The first kappa shape index (κ1) is 11.9. The SMILES string of the molecule is Cn1c(=O)cc(-c2ccccc2Cl)c2cccnc21. The number of nitrogens with zero attached hydrogens (tertiary/aromatic N) is 2. The van der Waals surface area contributed by atoms with Crippen LogP contribution in [0.25, 0.3) is 22.2 Å². The second kappa shape index (κ2) is 4.52. The van der Waals surface area contributed by atoms with Crippen LogP contribution in [0, 0.1) is 0 Å². The van der Waals surface area contributed by atoms with Gasteiger partial charge in [0.1, 0.15) is 5.65 Å². The minimum Gasteiger partial charge on any atom is -0.296 e. The molecule has 0 unspecified atom stereocenters. The van der Waals surface area contributed by atoms with Crippen molar-refractivity contribution in [2.45, 2.75) is 0 Å². The molecule has 0 bridgehead atoms. The fraction of sp³-hybridized carbons (Fsp3) is 0.0667. The molecule has 0 saturated carbocycles. The lowest BCUT2D eigenvalue weighted by Gasteiger charge is -2.10. The van der Waals surface area contributed by atoms with Crippen LogP contribution < -0.4 is 5.56 Å². The van der Waals surface area contributed by atoms with E-state index in [2.05, 4.69) is 4.98 Å². The van der Waals surface area contributed by atoms with Gasteiger partial charge in [0.2, 0.25) is 0 Å². The second-order valence-electron chi connectivity index (χ2n) is 4.31. The summed E-state index contributed by atoms with van der Waals surface area (Å²) < 4.78 is 1.54. The predicted molar refractivity (Wildman–Crippen MR) is 77.4 cm³/mol. The average Bonchev–Trinajstić information content (AvgIpc) is 2.44. The Morgan fingerprint density at radius 2 is 1.89 bits per heavy atom. The van der Waals surface area contributed by atoms with Crippen LogP contribution in [0.1, 0.15) is 0 Å². The largest absolute Gasteiger partial charge is 0.296 e. The zero-order valence-corrected chi connectivity index (χ0v) is 11.1. The second-order valence-corrected chi connectivity index (χ2v) is 4.72. The summed E-state index contributed by atoms with van der Waals surface area (Å²) in [5, 5.41) is 1.54. The van der Waals surface area contributed by atoms with Gasteiger partial charge >= 0.3 is 0 Å². The summed E-state index contributed by atoms with van der Waals surface area (Å²) in [6.07, 6.45) is 1.68. The molecule has 19 heavy (non-hydrogen) atoms. The molecule has 3 nitrogen and oxygen atoms in total. The molecule has 0 spiro atoms. The van der Waals surface area contributed by atoms with E-state index in [-0.39, 0.29) is 5.56 Å². The number of aromatic nitrogens is 2. The van der Waals surface area contributed by atoms with Crippen molar-refractivity contribution in [3.05, 3.63) is 64.0 Å². The molecule has 0 N–H and O–H groups in total. The molecule has 1 aromatic carbocycles. The first-order chi connectivity index (χ1) is 9.18. The van der Waals surface area contributed by atoms with Crippen LogP contribution in [0.4, 0.5) is 0 Å². The Kier molecular flexibility index (Phi) is 2.84. The lowest BCUT2D eigenvalue weighted by atomic mass is 10.0. The zero-order valence-electron chi connectivity index (χ0n) is 10.3. The minimum atomic E-state index is -0.0962. The fourth-order valence-electron chi connectivity index (χ4n) is 2.18. The highest BCUT2D eigenvalue weighted by Crippen LogP contribution is 2.31. The standard InChI is InChI=1S/C15H11ClN2O/c1-18-14(19)9-12(10-5-2-3-7-13(10)16)11-6-4-8-17-15(11)18/h2-9H,1H3. The summed E-state index contributed by atoms with van der Waals surface area (Å²) in [6, 6.07) is 12.9. The summed E-state index contributed by atoms with van der Waals surface area (Å²) in [7, 11) is 1.72. The van der Waals surface area contributed by atoms with Gasteiger partial charge in [-0.15, -0.1) is 0 Å². The van der Waals surface area contributed by atoms with Crippen LogP contribution in [-0.4, -0.2) is 9.55 Å². The van der Waals surface area contributed by atoms with Crippen LogP contribution in [0.15, 0.2) is 53.5 Å². The van der Waals surface area contributed by atoms with E-state index >= 15 is 0 Å². The van der Waals surface area contributed by atoms with Crippen molar-refractivity contribution in [1.82, 2.24) is 9.55 Å². The Labute approximate surface area is 115 Å². The number of hydrogen-bond donors (Lipinski definition) is 0. The number of fused-ring (bicyclic) bond motifs is 1. The van der Waals surface area contributed by atoms with Crippen molar-refractivity contribution in [2.24, 2.45) is 7.05 Å². The molecule has 0 saturated heterocycles. The Balaban J connectivity index is 2.46. The molecule has 0 aliphatic heterocycles. The van der Waals surface area contributed by atoms with E-state index < -0.39 is 0 Å². The first-order valence-corrected chi connectivity index (χ1v) is 6.26. The molecule has 4 heteroatoms. The molecular weight excluding hydrogens is 260 g/mol. The summed E-state index contributed by atoms with van der Waals surface area (Å²) in [4.78, 5) is 16.3. The van der Waals surface area contributed by atoms with Gasteiger partial charge in [-0.3, -0.25) is 9.36 Å². The molecule has 0 atom stereocenters. The molecule has 2 heterocycles. The van der Waals surface area contributed by atoms with Crippen molar-refractivity contribution < 1.29 is 0 Å². The quantitative estimate of drug-likeness (QED) is 0.680. The number of aryl methyl sites for hydroxylation is 1. The highest BCUT2D eigenvalue weighted by molar-refractivity contribution is 6.33. The van der Waals surface area contributed by atoms with Gasteiger partial charge in [0.25, 0.3) is 5.56 Å². The molecular formula is C15H11ClN2O. The number of rotatable bonds is 1. The molecule has 94 valence electrons. The normalized spacial score (nSPS) is 10.8. The third-order valence-electron chi connectivity index (χ3n) is 3.16. The number of benzene rings is 1. The van der Waals surface area contributed by atoms with Gasteiger partial charge in [0.05, 0.1) is 0 Å². The number of pyridine rings is 2. The molecule has 0 amide bonds. The molecule has 0 aliphatic rings. The van der Waals surface area contributed by atoms with Gasteiger partial charge in [0.15, 0.2) is 0 Å². The molecule has 3 aromatic rings. The Morgan fingerprint density at radius 1 is 1.11 bits per heavy atom. The van der Waals surface area contributed by atoms with Gasteiger partial charge in [-0.1, -0.05) is 29.8 Å². The third kappa shape index (κ3) is 1.92. The highest BCUT2D eigenvalue weighted by Gasteiger charge is 2.11. The third-order valence-corrected chi connectivity index (χ3v) is 3.49. The zero-order chi connectivity index (χ0) is 13.4. The Morgan fingerprint density at radius 3 is 2.68 bits per heavy atom. The summed E-state index contributed by atoms with van der Waals surface area (Å²) in [6.45, 7) is 0. The molecule has 0 radical (unpaired) electrons. The topological polar surface area (TPSA) is 34.9 Å². The molecule has 2 aromatic heterocycles. The first-order valence-electron chi connectivity index (χ1n) is 5.88. The maximum absolute atomic E-state index is 12.0. The maximum atomic E-state index is 12.0. The molecule has 0 fully saturated rings. The van der Waals surface area contributed by atoms with Gasteiger partial charge in [0, 0.05) is 35.3 Å². The van der Waals surface area contributed by atoms with E-state index in [9.17, 15) is 4.79 Å². The summed E-state index contributed by atoms with van der Waals surface area (Å²) in [5.41, 5.74) is 2.22. The van der Waals surface area contributed by atoms with Crippen molar-refractivity contribution in [3.8, 4) is 11.1 Å². The van der Waals surface area contributed by atoms with Crippen LogP contribution in [0.3, 0.4) is 0 Å². The van der Waals surface area contributed by atoms with E-state index in [1.807, 2.05) is 36.4 Å². The van der Waals surface area contributed by atoms with E-state index in [4.69, 9.17) is 11.6 Å². The maximum Gasteiger partial charge on any atom is 0.252 e. The monoisotopic (exact) mass is 270 g/mol. The van der Waals surface area contributed by atoms with Crippen molar-refractivity contribution >= 4 is 22.6 Å². The van der Waals surface area contributed by atoms with Crippen LogP contribution in [-0.2, 0) is 7.05 Å². The van der Waals surface area contributed by atoms with Crippen molar-refractivity contribution in [1.29, 1.82) is 0 Å². The highest BCUT2D eigenvalue weighted by atomic mass is 35.5. The lowest BCUT2D eigenvalue weighted by molar-refractivity contribution is 0.888. The van der Waals surface area contributed by atoms with Gasteiger partial charge in [-0.05, 0) is 23.8 Å². The minimum absolute atomic E-state index is 0.0962. The van der Waals surface area contributed by atoms with Crippen LogP contribution in [0.5, 0.6) is 0 Å². The van der Waals surface area contributed by atoms with Gasteiger partial charge in [-0.25, -0.2) is 4.98 Å². The smallest absolute Gasteiger partial charge is 0.252 e. The lowest BCUT2D eigenvalue weighted by Crippen LogP contribution is -2.17. The predicted octanol–water partition coefficient (Wildman–Crippen LogP) is 3.25. The van der Waals surface area contributed by atoms with Gasteiger partial charge in [-0.2, -0.15) is 0 Å². The van der Waals surface area contributed by atoms with E-state index in [0.29, 0.717) is 10.7 Å². The summed E-state index contributed by atoms with van der Waals surface area (Å²) >= 11 is 6.22. The van der Waals surface area contributed by atoms with Crippen molar-refractivity contribution in [2.75, 3.05) is 0 Å². The fourth-order valence-corrected chi connectivity index (χ4v) is 2.42. The van der Waals surface area contributed by atoms with E-state index in [0.717, 1.165) is 16.5 Å². The average molecular weight is 271 g/mol. The van der Waals surface area contributed by atoms with Crippen LogP contribution >= 0.6 is 11.6 Å². The van der Waals surface area contributed by atoms with Gasteiger partial charge < -0.3 is 0 Å². The number of halogens is 1. The van der Waals surface area contributed by atoms with E-state index in [1.165, 1.54) is 4.57 Å². The summed E-state index contributed by atoms with van der Waals surface area (Å²) in [5.74, 6) is 0. The van der Waals surface area contributed by atoms with Crippen LogP contribution in [0.2, 0.25) is 5.02 Å². The molecule has 3 rings (SSSR count). The van der Waals surface area contributed by atoms with Crippen molar-refractivity contribution in [3.63, 3.8) is 0 Å². The number of hydrogen-bond acceptors (Lipinski definition) is 2. The molecule has 0 aliphatic carbocycles. The Bertz CT molecular complexity index is 824. The van der Waals surface area contributed by atoms with E-state index in [1.54, 1.807) is 19.3 Å².